The predicted molar refractivity (Wildman–Crippen MR) is 150 cm³/mol. The molecule has 0 amide bonds. The summed E-state index contributed by atoms with van der Waals surface area (Å²) in [6.45, 7) is 4.50. The van der Waals surface area contributed by atoms with E-state index in [-0.39, 0.29) is 35.8 Å². The molecule has 0 aliphatic rings. The summed E-state index contributed by atoms with van der Waals surface area (Å²) in [6.07, 6.45) is -5.94. The van der Waals surface area contributed by atoms with Gasteiger partial charge in [-0.25, -0.2) is 9.59 Å². The fraction of sp³-hybridized carbons (Fsp3) is 0.333. The van der Waals surface area contributed by atoms with E-state index in [9.17, 15) is 48.6 Å². The maximum atomic E-state index is 12.5. The zero-order chi connectivity index (χ0) is 34.6. The number of esters is 6. The van der Waals surface area contributed by atoms with E-state index in [0.29, 0.717) is 11.1 Å². The van der Waals surface area contributed by atoms with Crippen LogP contribution in [0.15, 0.2) is 36.4 Å². The molecular formula is C30H30O16. The summed E-state index contributed by atoms with van der Waals surface area (Å²) in [7, 11) is 0. The van der Waals surface area contributed by atoms with Crippen molar-refractivity contribution < 1.29 is 77.0 Å². The third-order valence-electron chi connectivity index (χ3n) is 5.55. The number of aryl methyl sites for hydroxylation is 2. The number of hydrogen-bond acceptors (Lipinski definition) is 14. The highest BCUT2D eigenvalue weighted by atomic mass is 16.6. The summed E-state index contributed by atoms with van der Waals surface area (Å²) in [5, 5.41) is 19.1. The van der Waals surface area contributed by atoms with Gasteiger partial charge in [-0.15, -0.1) is 0 Å². The molecule has 2 atom stereocenters. The topological polar surface area (TPSA) is 232 Å². The van der Waals surface area contributed by atoms with Gasteiger partial charge in [0.1, 0.15) is 0 Å². The summed E-state index contributed by atoms with van der Waals surface area (Å²) in [5.74, 6) is -9.24. The number of carbonyl (C=O) groups excluding carboxylic acids is 6. The zero-order valence-electron chi connectivity index (χ0n) is 25.1. The van der Waals surface area contributed by atoms with Crippen LogP contribution in [0.1, 0.15) is 51.7 Å². The SMILES string of the molecule is CC(=O)Oc1ccc(CCC(=O)OC(C(=O)O)C(OC(=O)CCc2ccc(OC(C)=O)c(OC(C)=O)c2)C(=O)O)cc1OC(C)=O. The third-order valence-corrected chi connectivity index (χ3v) is 5.55. The summed E-state index contributed by atoms with van der Waals surface area (Å²) >= 11 is 0. The molecule has 246 valence electrons. The lowest BCUT2D eigenvalue weighted by molar-refractivity contribution is -0.187. The van der Waals surface area contributed by atoms with Crippen molar-refractivity contribution in [1.29, 1.82) is 0 Å². The minimum absolute atomic E-state index is 0.0602. The van der Waals surface area contributed by atoms with Crippen molar-refractivity contribution in [2.75, 3.05) is 0 Å². The summed E-state index contributed by atoms with van der Waals surface area (Å²) < 4.78 is 29.6. The van der Waals surface area contributed by atoms with Crippen LogP contribution in [0.2, 0.25) is 0 Å². The Hall–Kier alpha value is -5.80. The first-order chi connectivity index (χ1) is 21.5. The van der Waals surface area contributed by atoms with Crippen LogP contribution in [0.25, 0.3) is 0 Å². The fourth-order valence-corrected chi connectivity index (χ4v) is 3.74. The van der Waals surface area contributed by atoms with E-state index in [0.717, 1.165) is 27.7 Å². The second kappa shape index (κ2) is 16.9. The average Bonchev–Trinajstić information content (AvgIpc) is 2.93. The van der Waals surface area contributed by atoms with Gasteiger partial charge in [-0.05, 0) is 48.2 Å². The molecule has 2 rings (SSSR count). The Kier molecular flexibility index (Phi) is 13.4. The van der Waals surface area contributed by atoms with Crippen LogP contribution in [0.4, 0.5) is 0 Å². The molecule has 0 bridgehead atoms. The predicted octanol–water partition coefficient (Wildman–Crippen LogP) is 1.95. The Bertz CT molecular complexity index is 1410. The van der Waals surface area contributed by atoms with E-state index in [2.05, 4.69) is 0 Å². The van der Waals surface area contributed by atoms with E-state index in [1.807, 2.05) is 0 Å². The largest absolute Gasteiger partial charge is 0.478 e. The smallest absolute Gasteiger partial charge is 0.349 e. The standard InChI is InChI=1S/C30H30O16/c1-15(31)41-21-9-5-19(13-23(21)43-17(3)33)7-11-25(35)45-27(29(37)38)28(30(39)40)46-26(36)12-8-20-6-10-22(42-16(2)32)24(14-20)44-18(4)34/h5-6,9-10,13-14,27-28H,7-8,11-12H2,1-4H3,(H,37,38)(H,39,40). The number of ether oxygens (including phenoxy) is 6. The Morgan fingerprint density at radius 3 is 1.11 bits per heavy atom. The van der Waals surface area contributed by atoms with Crippen LogP contribution >= 0.6 is 0 Å². The molecular weight excluding hydrogens is 616 g/mol. The van der Waals surface area contributed by atoms with Crippen LogP contribution < -0.4 is 18.9 Å². The molecule has 0 spiro atoms. The number of carboxylic acids is 2. The number of rotatable bonds is 15. The van der Waals surface area contributed by atoms with Crippen LogP contribution in [0.3, 0.4) is 0 Å². The molecule has 2 aromatic carbocycles. The number of benzene rings is 2. The average molecular weight is 647 g/mol. The molecule has 2 N–H and O–H groups in total. The van der Waals surface area contributed by atoms with Crippen LogP contribution in [-0.4, -0.2) is 70.2 Å². The second-order valence-corrected chi connectivity index (χ2v) is 9.43. The minimum Gasteiger partial charge on any atom is -0.478 e. The molecule has 0 aliphatic heterocycles. The van der Waals surface area contributed by atoms with Crippen molar-refractivity contribution >= 4 is 47.8 Å². The molecule has 0 saturated heterocycles. The van der Waals surface area contributed by atoms with Gasteiger partial charge in [0.2, 0.25) is 12.2 Å². The molecule has 0 aromatic heterocycles. The van der Waals surface area contributed by atoms with Crippen LogP contribution in [0.5, 0.6) is 23.0 Å². The highest BCUT2D eigenvalue weighted by molar-refractivity contribution is 5.88. The lowest BCUT2D eigenvalue weighted by Gasteiger charge is -2.21. The summed E-state index contributed by atoms with van der Waals surface area (Å²) in [5.41, 5.74) is 0.768. The van der Waals surface area contributed by atoms with Crippen molar-refractivity contribution in [2.45, 2.75) is 65.6 Å². The van der Waals surface area contributed by atoms with E-state index in [1.165, 1.54) is 36.4 Å². The lowest BCUT2D eigenvalue weighted by Crippen LogP contribution is -2.45. The number of aliphatic carboxylic acids is 2. The van der Waals surface area contributed by atoms with Gasteiger partial charge in [0.25, 0.3) is 0 Å². The van der Waals surface area contributed by atoms with Crippen LogP contribution in [0, 0.1) is 0 Å². The van der Waals surface area contributed by atoms with Gasteiger partial charge in [0, 0.05) is 40.5 Å². The van der Waals surface area contributed by atoms with Crippen molar-refractivity contribution in [3.05, 3.63) is 47.5 Å². The molecule has 0 aliphatic carbocycles. The van der Waals surface area contributed by atoms with Crippen molar-refractivity contribution in [3.63, 3.8) is 0 Å². The van der Waals surface area contributed by atoms with E-state index in [4.69, 9.17) is 28.4 Å². The molecule has 16 nitrogen and oxygen atoms in total. The quantitative estimate of drug-likeness (QED) is 0.208. The minimum atomic E-state index is -2.41. The Balaban J connectivity index is 2.08. The third kappa shape index (κ3) is 12.1. The van der Waals surface area contributed by atoms with Crippen molar-refractivity contribution in [2.24, 2.45) is 0 Å². The van der Waals surface area contributed by atoms with Crippen LogP contribution in [-0.2, 0) is 60.7 Å². The Morgan fingerprint density at radius 1 is 0.522 bits per heavy atom. The van der Waals surface area contributed by atoms with E-state index < -0.39 is 72.8 Å². The van der Waals surface area contributed by atoms with Crippen molar-refractivity contribution in [3.8, 4) is 23.0 Å². The maximum Gasteiger partial charge on any atom is 0.349 e. The van der Waals surface area contributed by atoms with E-state index in [1.54, 1.807) is 0 Å². The lowest BCUT2D eigenvalue weighted by atomic mass is 10.1. The monoisotopic (exact) mass is 646 g/mol. The van der Waals surface area contributed by atoms with Gasteiger partial charge in [-0.1, -0.05) is 12.1 Å². The highest BCUT2D eigenvalue weighted by Crippen LogP contribution is 2.30. The zero-order valence-corrected chi connectivity index (χ0v) is 25.1. The first kappa shape index (κ1) is 36.4. The van der Waals surface area contributed by atoms with Crippen molar-refractivity contribution in [1.82, 2.24) is 0 Å². The molecule has 46 heavy (non-hydrogen) atoms. The maximum absolute atomic E-state index is 12.5. The normalized spacial score (nSPS) is 11.7. The Morgan fingerprint density at radius 2 is 0.826 bits per heavy atom. The highest BCUT2D eigenvalue weighted by Gasteiger charge is 2.40. The molecule has 2 unspecified atom stereocenters. The second-order valence-electron chi connectivity index (χ2n) is 9.43. The van der Waals surface area contributed by atoms with Gasteiger partial charge in [0.15, 0.2) is 23.0 Å². The summed E-state index contributed by atoms with van der Waals surface area (Å²) in [4.78, 5) is 94.0. The molecule has 0 radical (unpaired) electrons. The number of hydrogen-bond donors (Lipinski definition) is 2. The summed E-state index contributed by atoms with van der Waals surface area (Å²) in [6, 6.07) is 8.12. The molecule has 0 heterocycles. The Labute approximate surface area is 261 Å². The molecule has 2 aromatic rings. The van der Waals surface area contributed by atoms with Gasteiger partial charge in [-0.3, -0.25) is 28.8 Å². The van der Waals surface area contributed by atoms with Gasteiger partial charge < -0.3 is 38.6 Å². The van der Waals surface area contributed by atoms with Gasteiger partial charge in [0.05, 0.1) is 0 Å². The van der Waals surface area contributed by atoms with E-state index >= 15 is 0 Å². The first-order valence-corrected chi connectivity index (χ1v) is 13.4. The first-order valence-electron chi connectivity index (χ1n) is 13.4. The fourth-order valence-electron chi connectivity index (χ4n) is 3.74. The molecule has 0 fully saturated rings. The van der Waals surface area contributed by atoms with Gasteiger partial charge >= 0.3 is 47.8 Å². The molecule has 16 heteroatoms. The van der Waals surface area contributed by atoms with Gasteiger partial charge in [-0.2, -0.15) is 0 Å². The number of carboxylic acid groups (broad SMARTS) is 2. The number of carbonyl (C=O) groups is 8. The molecule has 0 saturated carbocycles.